The topological polar surface area (TPSA) is 39.7 Å². The van der Waals surface area contributed by atoms with Crippen LogP contribution in [0.4, 0.5) is 5.69 Å². The van der Waals surface area contributed by atoms with Gasteiger partial charge in [0.15, 0.2) is 0 Å². The van der Waals surface area contributed by atoms with Crippen LogP contribution in [0.3, 0.4) is 0 Å². The summed E-state index contributed by atoms with van der Waals surface area (Å²) in [7, 11) is 0. The predicted molar refractivity (Wildman–Crippen MR) is 139 cm³/mol. The first-order valence-corrected chi connectivity index (χ1v) is 12.9. The van der Waals surface area contributed by atoms with Crippen LogP contribution in [0, 0.1) is 0 Å². The smallest absolute Gasteiger partial charge is 0.230 e. The summed E-state index contributed by atoms with van der Waals surface area (Å²) in [5, 5.41) is 1.19. The van der Waals surface area contributed by atoms with Crippen LogP contribution in [-0.4, -0.2) is 66.5 Å². The Balaban J connectivity index is 1.20. The molecular formula is C29H36N4O. The van der Waals surface area contributed by atoms with Crippen molar-refractivity contribution in [1.82, 2.24) is 14.8 Å². The molecule has 0 radical (unpaired) electrons. The first-order chi connectivity index (χ1) is 16.8. The summed E-state index contributed by atoms with van der Waals surface area (Å²) in [6.07, 6.45) is 7.51. The molecule has 2 aliphatic rings. The highest BCUT2D eigenvalue weighted by Crippen LogP contribution is 2.26. The molecule has 34 heavy (non-hydrogen) atoms. The second-order valence-corrected chi connectivity index (χ2v) is 9.70. The van der Waals surface area contributed by atoms with E-state index in [0.29, 0.717) is 5.91 Å². The van der Waals surface area contributed by atoms with Gasteiger partial charge >= 0.3 is 0 Å². The Morgan fingerprint density at radius 2 is 1.59 bits per heavy atom. The van der Waals surface area contributed by atoms with Crippen LogP contribution in [0.5, 0.6) is 0 Å². The summed E-state index contributed by atoms with van der Waals surface area (Å²) in [5.41, 5.74) is 3.49. The molecule has 1 aromatic heterocycles. The molecule has 2 saturated heterocycles. The fourth-order valence-electron chi connectivity index (χ4n) is 5.43. The normalized spacial score (nSPS) is 18.6. The van der Waals surface area contributed by atoms with E-state index in [4.69, 9.17) is 0 Å². The van der Waals surface area contributed by atoms with Crippen molar-refractivity contribution < 1.29 is 4.79 Å². The summed E-state index contributed by atoms with van der Waals surface area (Å²) in [5.74, 6) is 0.293. The number of rotatable bonds is 6. The van der Waals surface area contributed by atoms with E-state index in [1.54, 1.807) is 0 Å². The summed E-state index contributed by atoms with van der Waals surface area (Å²) in [4.78, 5) is 25.1. The molecule has 5 rings (SSSR count). The van der Waals surface area contributed by atoms with Crippen LogP contribution in [0.25, 0.3) is 10.9 Å². The van der Waals surface area contributed by atoms with Gasteiger partial charge in [0, 0.05) is 56.5 Å². The van der Waals surface area contributed by atoms with Crippen LogP contribution >= 0.6 is 0 Å². The zero-order valence-corrected chi connectivity index (χ0v) is 20.1. The van der Waals surface area contributed by atoms with Crippen molar-refractivity contribution >= 4 is 22.5 Å². The first kappa shape index (κ1) is 22.9. The summed E-state index contributed by atoms with van der Waals surface area (Å²) in [6, 6.07) is 21.1. The highest BCUT2D eigenvalue weighted by Gasteiger charge is 2.27. The van der Waals surface area contributed by atoms with Gasteiger partial charge in [-0.3, -0.25) is 14.7 Å². The third kappa shape index (κ3) is 5.41. The second-order valence-electron chi connectivity index (χ2n) is 9.70. The molecule has 0 bridgehead atoms. The van der Waals surface area contributed by atoms with E-state index in [0.717, 1.165) is 70.6 Å². The molecule has 1 atom stereocenters. The SMILES string of the molecule is O=C(C(CCN1CCN(c2ccc3ncccc3c2)CC1)c1ccccc1)N1CCCCCC1. The molecule has 3 heterocycles. The third-order valence-electron chi connectivity index (χ3n) is 7.48. The molecule has 1 unspecified atom stereocenters. The molecule has 0 N–H and O–H groups in total. The van der Waals surface area contributed by atoms with Crippen molar-refractivity contribution in [3.05, 3.63) is 72.4 Å². The number of benzene rings is 2. The lowest BCUT2D eigenvalue weighted by molar-refractivity contribution is -0.133. The van der Waals surface area contributed by atoms with Crippen molar-refractivity contribution in [2.24, 2.45) is 0 Å². The number of carbonyl (C=O) groups excluding carboxylic acids is 1. The molecule has 5 heteroatoms. The Kier molecular flexibility index (Phi) is 7.40. The van der Waals surface area contributed by atoms with Crippen LogP contribution in [0.2, 0.25) is 0 Å². The van der Waals surface area contributed by atoms with E-state index < -0.39 is 0 Å². The van der Waals surface area contributed by atoms with Gasteiger partial charge in [0.1, 0.15) is 0 Å². The molecule has 1 amide bonds. The zero-order chi connectivity index (χ0) is 23.2. The Morgan fingerprint density at radius 1 is 0.824 bits per heavy atom. The number of piperazine rings is 1. The predicted octanol–water partition coefficient (Wildman–Crippen LogP) is 4.93. The molecule has 2 aliphatic heterocycles. The van der Waals surface area contributed by atoms with Gasteiger partial charge in [0.05, 0.1) is 11.4 Å². The lowest BCUT2D eigenvalue weighted by Gasteiger charge is -2.37. The average molecular weight is 457 g/mol. The quantitative estimate of drug-likeness (QED) is 0.527. The first-order valence-electron chi connectivity index (χ1n) is 12.9. The number of carbonyl (C=O) groups is 1. The zero-order valence-electron chi connectivity index (χ0n) is 20.1. The van der Waals surface area contributed by atoms with Crippen molar-refractivity contribution in [3.8, 4) is 0 Å². The maximum atomic E-state index is 13.6. The summed E-state index contributed by atoms with van der Waals surface area (Å²) in [6.45, 7) is 6.90. The van der Waals surface area contributed by atoms with Gasteiger partial charge in [0.25, 0.3) is 0 Å². The van der Waals surface area contributed by atoms with Crippen molar-refractivity contribution in [2.75, 3.05) is 50.7 Å². The molecule has 0 aliphatic carbocycles. The van der Waals surface area contributed by atoms with Gasteiger partial charge in [-0.25, -0.2) is 0 Å². The molecule has 3 aromatic rings. The minimum atomic E-state index is -0.0367. The van der Waals surface area contributed by atoms with E-state index in [1.807, 2.05) is 18.3 Å². The summed E-state index contributed by atoms with van der Waals surface area (Å²) >= 11 is 0. The number of nitrogens with zero attached hydrogens (tertiary/aromatic N) is 4. The molecule has 178 valence electrons. The monoisotopic (exact) mass is 456 g/mol. The van der Waals surface area contributed by atoms with Crippen molar-refractivity contribution in [2.45, 2.75) is 38.0 Å². The van der Waals surface area contributed by atoms with E-state index in [9.17, 15) is 4.79 Å². The standard InChI is InChI=1S/C29H36N4O/c34-29(33-16-6-1-2-7-17-33)27(24-9-4-3-5-10-24)14-18-31-19-21-32(22-20-31)26-12-13-28-25(23-26)11-8-15-30-28/h3-5,8-13,15,23,27H,1-2,6-7,14,16-22H2. The second kappa shape index (κ2) is 11.0. The average Bonchev–Trinajstić information content (AvgIpc) is 3.19. The number of pyridine rings is 1. The Hall–Kier alpha value is -2.92. The number of aromatic nitrogens is 1. The van der Waals surface area contributed by atoms with Gasteiger partial charge in [0.2, 0.25) is 5.91 Å². The molecule has 0 saturated carbocycles. The number of likely N-dealkylation sites (tertiary alicyclic amines) is 1. The van der Waals surface area contributed by atoms with Gasteiger partial charge in [-0.05, 0) is 55.6 Å². The van der Waals surface area contributed by atoms with Gasteiger partial charge in [-0.1, -0.05) is 49.2 Å². The number of amides is 1. The Morgan fingerprint density at radius 3 is 2.35 bits per heavy atom. The van der Waals surface area contributed by atoms with Gasteiger partial charge < -0.3 is 9.80 Å². The molecule has 2 fully saturated rings. The lowest BCUT2D eigenvalue weighted by Crippen LogP contribution is -2.47. The molecule has 0 spiro atoms. The third-order valence-corrected chi connectivity index (χ3v) is 7.48. The fourth-order valence-corrected chi connectivity index (χ4v) is 5.43. The number of hydrogen-bond donors (Lipinski definition) is 0. The summed E-state index contributed by atoms with van der Waals surface area (Å²) < 4.78 is 0. The maximum Gasteiger partial charge on any atom is 0.230 e. The fraction of sp³-hybridized carbons (Fsp3) is 0.448. The Bertz CT molecular complexity index is 1070. The van der Waals surface area contributed by atoms with Crippen molar-refractivity contribution in [1.29, 1.82) is 0 Å². The Labute approximate surface area is 203 Å². The number of anilines is 1. The molecule has 5 nitrogen and oxygen atoms in total. The largest absolute Gasteiger partial charge is 0.369 e. The van der Waals surface area contributed by atoms with Gasteiger partial charge in [-0.2, -0.15) is 0 Å². The van der Waals surface area contributed by atoms with Crippen LogP contribution in [0.15, 0.2) is 66.9 Å². The van der Waals surface area contributed by atoms with E-state index in [1.165, 1.54) is 29.5 Å². The molecular weight excluding hydrogens is 420 g/mol. The van der Waals surface area contributed by atoms with Crippen molar-refractivity contribution in [3.63, 3.8) is 0 Å². The maximum absolute atomic E-state index is 13.6. The minimum absolute atomic E-state index is 0.0367. The highest BCUT2D eigenvalue weighted by atomic mass is 16.2. The highest BCUT2D eigenvalue weighted by molar-refractivity contribution is 5.84. The lowest BCUT2D eigenvalue weighted by atomic mass is 9.93. The van der Waals surface area contributed by atoms with E-state index in [2.05, 4.69) is 68.2 Å². The van der Waals surface area contributed by atoms with E-state index >= 15 is 0 Å². The minimum Gasteiger partial charge on any atom is -0.369 e. The van der Waals surface area contributed by atoms with E-state index in [-0.39, 0.29) is 5.92 Å². The number of hydrogen-bond acceptors (Lipinski definition) is 4. The van der Waals surface area contributed by atoms with Gasteiger partial charge in [-0.15, -0.1) is 0 Å². The van der Waals surface area contributed by atoms with Crippen LogP contribution in [0.1, 0.15) is 43.6 Å². The van der Waals surface area contributed by atoms with Crippen LogP contribution < -0.4 is 4.90 Å². The number of fused-ring (bicyclic) bond motifs is 1. The molecule has 2 aromatic carbocycles. The van der Waals surface area contributed by atoms with Crippen LogP contribution in [-0.2, 0) is 4.79 Å².